The first kappa shape index (κ1) is 16.7. The van der Waals surface area contributed by atoms with Crippen LogP contribution in [-0.4, -0.2) is 28.8 Å². The molecule has 0 saturated carbocycles. The largest absolute Gasteiger partial charge is 0.469 e. The van der Waals surface area contributed by atoms with Crippen molar-refractivity contribution >= 4 is 11.9 Å². The van der Waals surface area contributed by atoms with Gasteiger partial charge in [-0.15, -0.1) is 0 Å². The number of hydrogen-bond donors (Lipinski definition) is 1. The molecule has 0 radical (unpaired) electrons. The molecule has 2 aromatic rings. The fraction of sp³-hybridized carbons (Fsp3) is 0.353. The van der Waals surface area contributed by atoms with Gasteiger partial charge in [-0.3, -0.25) is 14.3 Å². The van der Waals surface area contributed by atoms with E-state index in [1.165, 1.54) is 7.11 Å². The molecule has 0 aliphatic rings. The van der Waals surface area contributed by atoms with Crippen molar-refractivity contribution < 1.29 is 14.3 Å². The lowest BCUT2D eigenvalue weighted by Gasteiger charge is -2.24. The van der Waals surface area contributed by atoms with Gasteiger partial charge in [0.2, 0.25) is 0 Å². The number of nitrogens with zero attached hydrogens (tertiary/aromatic N) is 2. The van der Waals surface area contributed by atoms with Crippen LogP contribution in [-0.2, 0) is 16.6 Å². The first-order chi connectivity index (χ1) is 10.9. The van der Waals surface area contributed by atoms with E-state index in [2.05, 4.69) is 10.4 Å². The third-order valence-corrected chi connectivity index (χ3v) is 3.78. The van der Waals surface area contributed by atoms with E-state index in [9.17, 15) is 9.59 Å². The maximum atomic E-state index is 12.6. The van der Waals surface area contributed by atoms with Crippen molar-refractivity contribution in [1.29, 1.82) is 0 Å². The maximum absolute atomic E-state index is 12.6. The van der Waals surface area contributed by atoms with E-state index in [4.69, 9.17) is 4.74 Å². The number of aryl methyl sites for hydroxylation is 2. The summed E-state index contributed by atoms with van der Waals surface area (Å²) >= 11 is 0. The van der Waals surface area contributed by atoms with E-state index in [1.54, 1.807) is 31.8 Å². The second-order valence-electron chi connectivity index (χ2n) is 5.48. The Morgan fingerprint density at radius 2 is 1.91 bits per heavy atom. The van der Waals surface area contributed by atoms with Crippen LogP contribution in [0.25, 0.3) is 0 Å². The molecule has 0 bridgehead atoms. The number of hydrogen-bond acceptors (Lipinski definition) is 4. The van der Waals surface area contributed by atoms with E-state index in [0.717, 1.165) is 5.56 Å². The van der Waals surface area contributed by atoms with Gasteiger partial charge in [0.05, 0.1) is 30.3 Å². The highest BCUT2D eigenvalue weighted by Gasteiger charge is 2.28. The maximum Gasteiger partial charge on any atom is 0.310 e. The van der Waals surface area contributed by atoms with Crippen LogP contribution in [0, 0.1) is 12.8 Å². The van der Waals surface area contributed by atoms with Crippen LogP contribution in [0.2, 0.25) is 0 Å². The summed E-state index contributed by atoms with van der Waals surface area (Å²) in [6, 6.07) is 8.90. The molecule has 1 aromatic carbocycles. The molecule has 122 valence electrons. The average Bonchev–Trinajstić information content (AvgIpc) is 2.90. The Morgan fingerprint density at radius 3 is 2.43 bits per heavy atom. The quantitative estimate of drug-likeness (QED) is 0.857. The molecule has 0 spiro atoms. The van der Waals surface area contributed by atoms with E-state index in [0.29, 0.717) is 11.3 Å². The van der Waals surface area contributed by atoms with Gasteiger partial charge in [-0.05, 0) is 19.4 Å². The molecule has 0 aliphatic carbocycles. The van der Waals surface area contributed by atoms with Gasteiger partial charge in [0, 0.05) is 13.2 Å². The number of ether oxygens (including phenoxy) is 1. The van der Waals surface area contributed by atoms with Gasteiger partial charge >= 0.3 is 5.97 Å². The number of carbonyl (C=O) groups is 2. The van der Waals surface area contributed by atoms with E-state index in [-0.39, 0.29) is 11.9 Å². The molecule has 0 aliphatic heterocycles. The predicted octanol–water partition coefficient (Wildman–Crippen LogP) is 2.01. The zero-order valence-corrected chi connectivity index (χ0v) is 13.7. The Kier molecular flexibility index (Phi) is 5.16. The topological polar surface area (TPSA) is 73.2 Å². The molecular formula is C17H21N3O3. The highest BCUT2D eigenvalue weighted by atomic mass is 16.5. The Hall–Kier alpha value is -2.63. The zero-order chi connectivity index (χ0) is 17.0. The SMILES string of the molecule is COC(=O)[C@@H](C)[C@H](NC(=O)c1cn(C)nc1C)c1ccccc1. The highest BCUT2D eigenvalue weighted by molar-refractivity contribution is 5.95. The fourth-order valence-corrected chi connectivity index (χ4v) is 2.52. The van der Waals surface area contributed by atoms with Gasteiger partial charge in [0.1, 0.15) is 0 Å². The lowest BCUT2D eigenvalue weighted by Crippen LogP contribution is -2.36. The summed E-state index contributed by atoms with van der Waals surface area (Å²) in [5.41, 5.74) is 1.98. The minimum Gasteiger partial charge on any atom is -0.469 e. The molecular weight excluding hydrogens is 294 g/mol. The molecule has 1 heterocycles. The summed E-state index contributed by atoms with van der Waals surface area (Å²) in [4.78, 5) is 24.5. The number of amides is 1. The van der Waals surface area contributed by atoms with Crippen molar-refractivity contribution in [1.82, 2.24) is 15.1 Å². The van der Waals surface area contributed by atoms with Gasteiger partial charge < -0.3 is 10.1 Å². The number of benzene rings is 1. The average molecular weight is 315 g/mol. The van der Waals surface area contributed by atoms with Gasteiger partial charge in [0.25, 0.3) is 5.91 Å². The van der Waals surface area contributed by atoms with Crippen LogP contribution < -0.4 is 5.32 Å². The second-order valence-corrected chi connectivity index (χ2v) is 5.48. The summed E-state index contributed by atoms with van der Waals surface area (Å²) < 4.78 is 6.41. The Balaban J connectivity index is 2.29. The molecule has 1 N–H and O–H groups in total. The molecule has 0 saturated heterocycles. The summed E-state index contributed by atoms with van der Waals surface area (Å²) in [7, 11) is 3.10. The second kappa shape index (κ2) is 7.09. The third kappa shape index (κ3) is 3.77. The molecule has 0 fully saturated rings. The standard InChI is InChI=1S/C17H21N3O3/c1-11(17(22)23-4)15(13-8-6-5-7-9-13)18-16(21)14-10-20(3)19-12(14)2/h5-11,15H,1-4H3,(H,18,21)/t11-,15-/m0/s1. The minimum atomic E-state index is -0.511. The number of esters is 1. The third-order valence-electron chi connectivity index (χ3n) is 3.78. The number of nitrogens with one attached hydrogen (secondary N) is 1. The van der Waals surface area contributed by atoms with Crippen molar-refractivity contribution in [2.45, 2.75) is 19.9 Å². The molecule has 2 rings (SSSR count). The van der Waals surface area contributed by atoms with E-state index in [1.807, 2.05) is 30.3 Å². The Labute approximate surface area is 135 Å². The van der Waals surface area contributed by atoms with Crippen LogP contribution >= 0.6 is 0 Å². The van der Waals surface area contributed by atoms with Crippen molar-refractivity contribution in [2.75, 3.05) is 7.11 Å². The summed E-state index contributed by atoms with van der Waals surface area (Å²) in [6.07, 6.45) is 1.66. The number of methoxy groups -OCH3 is 1. The molecule has 6 nitrogen and oxygen atoms in total. The minimum absolute atomic E-state index is 0.264. The number of rotatable bonds is 5. The lowest BCUT2D eigenvalue weighted by molar-refractivity contribution is -0.145. The van der Waals surface area contributed by atoms with E-state index >= 15 is 0 Å². The van der Waals surface area contributed by atoms with Gasteiger partial charge in [-0.2, -0.15) is 5.10 Å². The molecule has 1 aromatic heterocycles. The van der Waals surface area contributed by atoms with Crippen molar-refractivity contribution in [2.24, 2.45) is 13.0 Å². The zero-order valence-electron chi connectivity index (χ0n) is 13.7. The van der Waals surface area contributed by atoms with Gasteiger partial charge in [0.15, 0.2) is 0 Å². The lowest BCUT2D eigenvalue weighted by atomic mass is 9.94. The molecule has 23 heavy (non-hydrogen) atoms. The summed E-state index contributed by atoms with van der Waals surface area (Å²) in [6.45, 7) is 3.51. The molecule has 6 heteroatoms. The predicted molar refractivity (Wildman–Crippen MR) is 85.8 cm³/mol. The van der Waals surface area contributed by atoms with Crippen molar-refractivity contribution in [3.05, 3.63) is 53.3 Å². The van der Waals surface area contributed by atoms with Crippen molar-refractivity contribution in [3.8, 4) is 0 Å². The van der Waals surface area contributed by atoms with Gasteiger partial charge in [-0.25, -0.2) is 0 Å². The molecule has 1 amide bonds. The Bertz CT molecular complexity index is 694. The summed E-state index contributed by atoms with van der Waals surface area (Å²) in [5, 5.41) is 7.10. The van der Waals surface area contributed by atoms with Crippen molar-refractivity contribution in [3.63, 3.8) is 0 Å². The van der Waals surface area contributed by atoms with Crippen LogP contribution in [0.3, 0.4) is 0 Å². The van der Waals surface area contributed by atoms with Crippen LogP contribution in [0.15, 0.2) is 36.5 Å². The Morgan fingerprint density at radius 1 is 1.26 bits per heavy atom. The highest BCUT2D eigenvalue weighted by Crippen LogP contribution is 2.23. The van der Waals surface area contributed by atoms with Crippen LogP contribution in [0.5, 0.6) is 0 Å². The number of carbonyl (C=O) groups excluding carboxylic acids is 2. The fourth-order valence-electron chi connectivity index (χ4n) is 2.52. The number of aromatic nitrogens is 2. The van der Waals surface area contributed by atoms with Crippen LogP contribution in [0.4, 0.5) is 0 Å². The summed E-state index contributed by atoms with van der Waals surface area (Å²) in [5.74, 6) is -1.15. The smallest absolute Gasteiger partial charge is 0.310 e. The first-order valence-electron chi connectivity index (χ1n) is 7.38. The van der Waals surface area contributed by atoms with Gasteiger partial charge in [-0.1, -0.05) is 30.3 Å². The molecule has 2 atom stereocenters. The molecule has 0 unspecified atom stereocenters. The van der Waals surface area contributed by atoms with E-state index < -0.39 is 12.0 Å². The monoisotopic (exact) mass is 315 g/mol. The van der Waals surface area contributed by atoms with Crippen LogP contribution in [0.1, 0.15) is 34.6 Å². The normalized spacial score (nSPS) is 13.2. The first-order valence-corrected chi connectivity index (χ1v) is 7.38.